The number of rotatable bonds is 4. The Bertz CT molecular complexity index is 147. The number of carbonyl (C=O) groups excluding carboxylic acids is 1. The predicted molar refractivity (Wildman–Crippen MR) is 48.8 cm³/mol. The van der Waals surface area contributed by atoms with Crippen LogP contribution in [0.3, 0.4) is 0 Å². The highest BCUT2D eigenvalue weighted by Crippen LogP contribution is 2.05. The number of aliphatic hydroxyl groups is 1. The second-order valence-electron chi connectivity index (χ2n) is 4.01. The molecule has 3 heteroatoms. The molecular formula is C9H19NO2. The van der Waals surface area contributed by atoms with E-state index in [0.29, 0.717) is 13.0 Å². The van der Waals surface area contributed by atoms with Gasteiger partial charge in [-0.25, -0.2) is 0 Å². The van der Waals surface area contributed by atoms with Gasteiger partial charge in [0.15, 0.2) is 0 Å². The summed E-state index contributed by atoms with van der Waals surface area (Å²) in [7, 11) is 0. The van der Waals surface area contributed by atoms with Gasteiger partial charge < -0.3 is 10.4 Å². The summed E-state index contributed by atoms with van der Waals surface area (Å²) >= 11 is 0. The molecule has 2 N–H and O–H groups in total. The van der Waals surface area contributed by atoms with E-state index < -0.39 is 5.60 Å². The largest absolute Gasteiger partial charge is 0.390 e. The van der Waals surface area contributed by atoms with E-state index in [4.69, 9.17) is 0 Å². The first kappa shape index (κ1) is 11.4. The lowest BCUT2D eigenvalue weighted by atomic mass is 10.1. The van der Waals surface area contributed by atoms with Crippen molar-refractivity contribution in [2.45, 2.75) is 39.7 Å². The van der Waals surface area contributed by atoms with Gasteiger partial charge in [-0.2, -0.15) is 0 Å². The molecule has 0 bridgehead atoms. The summed E-state index contributed by atoms with van der Waals surface area (Å²) in [5, 5.41) is 12.1. The lowest BCUT2D eigenvalue weighted by Gasteiger charge is -2.17. The molecule has 0 radical (unpaired) electrons. The van der Waals surface area contributed by atoms with Crippen molar-refractivity contribution < 1.29 is 9.90 Å². The molecule has 12 heavy (non-hydrogen) atoms. The average Bonchev–Trinajstić information content (AvgIpc) is 1.84. The van der Waals surface area contributed by atoms with Crippen molar-refractivity contribution in [1.29, 1.82) is 0 Å². The molecule has 0 aliphatic heterocycles. The van der Waals surface area contributed by atoms with Crippen molar-refractivity contribution >= 4 is 5.91 Å². The molecule has 0 unspecified atom stereocenters. The smallest absolute Gasteiger partial charge is 0.222 e. The zero-order chi connectivity index (χ0) is 9.78. The maximum absolute atomic E-state index is 11.0. The minimum atomic E-state index is -0.690. The first-order valence-corrected chi connectivity index (χ1v) is 4.33. The molecule has 0 aromatic rings. The Morgan fingerprint density at radius 3 is 2.33 bits per heavy atom. The predicted octanol–water partition coefficient (Wildman–Crippen LogP) is 0.920. The summed E-state index contributed by atoms with van der Waals surface area (Å²) in [5.74, 6) is 0.0612. The van der Waals surface area contributed by atoms with Crippen molar-refractivity contribution in [3.8, 4) is 0 Å². The van der Waals surface area contributed by atoms with E-state index >= 15 is 0 Å². The van der Waals surface area contributed by atoms with E-state index in [1.54, 1.807) is 13.8 Å². The van der Waals surface area contributed by atoms with Gasteiger partial charge in [0.25, 0.3) is 0 Å². The fourth-order valence-corrected chi connectivity index (χ4v) is 0.696. The van der Waals surface area contributed by atoms with E-state index in [0.717, 1.165) is 0 Å². The quantitative estimate of drug-likeness (QED) is 0.664. The minimum Gasteiger partial charge on any atom is -0.390 e. The van der Waals surface area contributed by atoms with Crippen molar-refractivity contribution in [2.75, 3.05) is 6.54 Å². The zero-order valence-corrected chi connectivity index (χ0v) is 8.35. The summed E-state index contributed by atoms with van der Waals surface area (Å²) in [6.07, 6.45) is 0.589. The Labute approximate surface area is 74.2 Å². The van der Waals surface area contributed by atoms with Crippen molar-refractivity contribution in [3.63, 3.8) is 0 Å². The van der Waals surface area contributed by atoms with Crippen LogP contribution in [0.15, 0.2) is 0 Å². The van der Waals surface area contributed by atoms with Crippen molar-refractivity contribution in [2.24, 2.45) is 5.92 Å². The summed E-state index contributed by atoms with van der Waals surface area (Å²) in [5.41, 5.74) is -0.690. The van der Waals surface area contributed by atoms with Crippen LogP contribution in [0.25, 0.3) is 0 Å². The number of hydrogen-bond donors (Lipinski definition) is 2. The Morgan fingerprint density at radius 1 is 1.50 bits per heavy atom. The summed E-state index contributed by atoms with van der Waals surface area (Å²) in [6, 6.07) is 0. The molecule has 0 aromatic carbocycles. The van der Waals surface area contributed by atoms with Crippen LogP contribution in [-0.2, 0) is 4.79 Å². The molecule has 0 rings (SSSR count). The van der Waals surface area contributed by atoms with Gasteiger partial charge in [0, 0.05) is 12.5 Å². The Morgan fingerprint density at radius 2 is 2.00 bits per heavy atom. The van der Waals surface area contributed by atoms with Gasteiger partial charge in [-0.05, 0) is 20.3 Å². The Balaban J connectivity index is 3.51. The van der Waals surface area contributed by atoms with E-state index in [2.05, 4.69) is 5.32 Å². The van der Waals surface area contributed by atoms with Crippen LogP contribution in [0, 0.1) is 5.92 Å². The molecule has 0 aliphatic rings. The maximum Gasteiger partial charge on any atom is 0.222 e. The first-order chi connectivity index (χ1) is 5.33. The summed E-state index contributed by atoms with van der Waals surface area (Å²) in [4.78, 5) is 11.0. The van der Waals surface area contributed by atoms with Crippen molar-refractivity contribution in [1.82, 2.24) is 5.32 Å². The fourth-order valence-electron chi connectivity index (χ4n) is 0.696. The second-order valence-corrected chi connectivity index (χ2v) is 4.01. The average molecular weight is 173 g/mol. The van der Waals surface area contributed by atoms with E-state index in [1.807, 2.05) is 13.8 Å². The second kappa shape index (κ2) is 4.45. The van der Waals surface area contributed by atoms with E-state index in [1.165, 1.54) is 0 Å². The van der Waals surface area contributed by atoms with Gasteiger partial charge in [0.05, 0.1) is 5.60 Å². The maximum atomic E-state index is 11.0. The highest BCUT2D eigenvalue weighted by atomic mass is 16.3. The summed E-state index contributed by atoms with van der Waals surface area (Å²) < 4.78 is 0. The highest BCUT2D eigenvalue weighted by molar-refractivity contribution is 5.77. The molecule has 0 saturated carbocycles. The minimum absolute atomic E-state index is 0.0202. The Hall–Kier alpha value is -0.570. The third-order valence-corrected chi connectivity index (χ3v) is 1.56. The fraction of sp³-hybridized carbons (Fsp3) is 0.889. The number of carbonyl (C=O) groups is 1. The molecule has 3 nitrogen and oxygen atoms in total. The third-order valence-electron chi connectivity index (χ3n) is 1.56. The van der Waals surface area contributed by atoms with Crippen LogP contribution < -0.4 is 5.32 Å². The first-order valence-electron chi connectivity index (χ1n) is 4.33. The third kappa shape index (κ3) is 6.16. The monoisotopic (exact) mass is 173 g/mol. The van der Waals surface area contributed by atoms with E-state index in [9.17, 15) is 9.90 Å². The van der Waals surface area contributed by atoms with E-state index in [-0.39, 0.29) is 11.8 Å². The molecule has 0 aromatic heterocycles. The van der Waals surface area contributed by atoms with Crippen LogP contribution >= 0.6 is 0 Å². The van der Waals surface area contributed by atoms with Gasteiger partial charge in [0.1, 0.15) is 0 Å². The standard InChI is InChI=1S/C9H19NO2/c1-7(2)8(11)10-6-5-9(3,4)12/h7,12H,5-6H2,1-4H3,(H,10,11). The molecule has 0 heterocycles. The Kier molecular flexibility index (Phi) is 4.24. The SMILES string of the molecule is CC(C)C(=O)NCCC(C)(C)O. The molecule has 1 amide bonds. The normalized spacial score (nSPS) is 11.8. The molecular weight excluding hydrogens is 154 g/mol. The van der Waals surface area contributed by atoms with Crippen LogP contribution in [0.2, 0.25) is 0 Å². The van der Waals surface area contributed by atoms with Crippen LogP contribution in [0.5, 0.6) is 0 Å². The lowest BCUT2D eigenvalue weighted by Crippen LogP contribution is -2.33. The highest BCUT2D eigenvalue weighted by Gasteiger charge is 2.13. The van der Waals surface area contributed by atoms with Gasteiger partial charge >= 0.3 is 0 Å². The number of nitrogens with one attached hydrogen (secondary N) is 1. The lowest BCUT2D eigenvalue weighted by molar-refractivity contribution is -0.124. The zero-order valence-electron chi connectivity index (χ0n) is 8.35. The van der Waals surface area contributed by atoms with Gasteiger partial charge in [-0.15, -0.1) is 0 Å². The summed E-state index contributed by atoms with van der Waals surface area (Å²) in [6.45, 7) is 7.70. The molecule has 72 valence electrons. The van der Waals surface area contributed by atoms with Gasteiger partial charge in [0.2, 0.25) is 5.91 Å². The van der Waals surface area contributed by atoms with Gasteiger partial charge in [-0.1, -0.05) is 13.8 Å². The van der Waals surface area contributed by atoms with Crippen molar-refractivity contribution in [3.05, 3.63) is 0 Å². The number of hydrogen-bond acceptors (Lipinski definition) is 2. The van der Waals surface area contributed by atoms with Crippen LogP contribution in [0.4, 0.5) is 0 Å². The van der Waals surface area contributed by atoms with Gasteiger partial charge in [-0.3, -0.25) is 4.79 Å². The molecule has 0 spiro atoms. The number of amides is 1. The topological polar surface area (TPSA) is 49.3 Å². The van der Waals surface area contributed by atoms with Crippen LogP contribution in [0.1, 0.15) is 34.1 Å². The molecule has 0 aliphatic carbocycles. The molecule has 0 saturated heterocycles. The van der Waals surface area contributed by atoms with Crippen LogP contribution in [-0.4, -0.2) is 23.2 Å². The molecule has 0 atom stereocenters. The molecule has 0 fully saturated rings.